The Morgan fingerprint density at radius 1 is 1.35 bits per heavy atom. The first kappa shape index (κ1) is 12.1. The van der Waals surface area contributed by atoms with Gasteiger partial charge in [0.25, 0.3) is 0 Å². The molecule has 0 aliphatic heterocycles. The SMILES string of the molecule is CCCOCCc1nc2ccc(CN)cc2[nH]1. The molecule has 17 heavy (non-hydrogen) atoms. The maximum atomic E-state index is 5.61. The number of rotatable bonds is 6. The Balaban J connectivity index is 2.04. The summed E-state index contributed by atoms with van der Waals surface area (Å²) in [5.41, 5.74) is 8.77. The number of fused-ring (bicyclic) bond motifs is 1. The fourth-order valence-electron chi connectivity index (χ4n) is 1.77. The summed E-state index contributed by atoms with van der Waals surface area (Å²) in [4.78, 5) is 7.81. The Hall–Kier alpha value is -1.39. The maximum absolute atomic E-state index is 5.61. The van der Waals surface area contributed by atoms with Crippen molar-refractivity contribution in [2.75, 3.05) is 13.2 Å². The normalized spacial score (nSPS) is 11.2. The number of nitrogens with one attached hydrogen (secondary N) is 1. The van der Waals surface area contributed by atoms with Crippen molar-refractivity contribution in [3.8, 4) is 0 Å². The van der Waals surface area contributed by atoms with Gasteiger partial charge in [-0.15, -0.1) is 0 Å². The minimum absolute atomic E-state index is 0.559. The number of ether oxygens (including phenoxy) is 1. The predicted molar refractivity (Wildman–Crippen MR) is 68.8 cm³/mol. The molecule has 92 valence electrons. The Kier molecular flexibility index (Phi) is 4.12. The molecule has 0 saturated carbocycles. The zero-order valence-electron chi connectivity index (χ0n) is 10.2. The fourth-order valence-corrected chi connectivity index (χ4v) is 1.77. The van der Waals surface area contributed by atoms with Gasteiger partial charge in [0.05, 0.1) is 17.6 Å². The van der Waals surface area contributed by atoms with Crippen LogP contribution in [0.3, 0.4) is 0 Å². The monoisotopic (exact) mass is 233 g/mol. The third kappa shape index (κ3) is 3.05. The predicted octanol–water partition coefficient (Wildman–Crippen LogP) is 1.99. The van der Waals surface area contributed by atoms with E-state index in [1.807, 2.05) is 12.1 Å². The van der Waals surface area contributed by atoms with Gasteiger partial charge in [-0.05, 0) is 24.1 Å². The van der Waals surface area contributed by atoms with Crippen LogP contribution < -0.4 is 5.73 Å². The minimum atomic E-state index is 0.559. The van der Waals surface area contributed by atoms with Crippen LogP contribution in [-0.4, -0.2) is 23.2 Å². The van der Waals surface area contributed by atoms with Crippen molar-refractivity contribution in [3.63, 3.8) is 0 Å². The van der Waals surface area contributed by atoms with Crippen LogP contribution in [0.25, 0.3) is 11.0 Å². The molecule has 0 spiro atoms. The van der Waals surface area contributed by atoms with Crippen molar-refractivity contribution < 1.29 is 4.74 Å². The quantitative estimate of drug-likeness (QED) is 0.750. The second-order valence-corrected chi connectivity index (χ2v) is 4.10. The average Bonchev–Trinajstić information content (AvgIpc) is 2.76. The van der Waals surface area contributed by atoms with E-state index in [1.165, 1.54) is 0 Å². The van der Waals surface area contributed by atoms with Crippen LogP contribution in [0.5, 0.6) is 0 Å². The number of benzene rings is 1. The Morgan fingerprint density at radius 3 is 3.00 bits per heavy atom. The van der Waals surface area contributed by atoms with E-state index < -0.39 is 0 Å². The molecule has 0 aliphatic rings. The van der Waals surface area contributed by atoms with Crippen LogP contribution in [-0.2, 0) is 17.7 Å². The molecule has 4 nitrogen and oxygen atoms in total. The molecule has 0 aliphatic carbocycles. The van der Waals surface area contributed by atoms with Crippen LogP contribution in [0, 0.1) is 0 Å². The van der Waals surface area contributed by atoms with E-state index in [0.717, 1.165) is 48.5 Å². The van der Waals surface area contributed by atoms with E-state index in [-0.39, 0.29) is 0 Å². The molecule has 0 saturated heterocycles. The van der Waals surface area contributed by atoms with Gasteiger partial charge in [-0.1, -0.05) is 13.0 Å². The van der Waals surface area contributed by atoms with Gasteiger partial charge in [-0.2, -0.15) is 0 Å². The highest BCUT2D eigenvalue weighted by molar-refractivity contribution is 5.75. The van der Waals surface area contributed by atoms with Crippen molar-refractivity contribution >= 4 is 11.0 Å². The van der Waals surface area contributed by atoms with Gasteiger partial charge >= 0.3 is 0 Å². The van der Waals surface area contributed by atoms with Crippen LogP contribution in [0.1, 0.15) is 24.7 Å². The van der Waals surface area contributed by atoms with Gasteiger partial charge in [0.2, 0.25) is 0 Å². The number of aromatic amines is 1. The summed E-state index contributed by atoms with van der Waals surface area (Å²) in [6.07, 6.45) is 1.88. The maximum Gasteiger partial charge on any atom is 0.109 e. The molecule has 2 aromatic rings. The molecule has 1 heterocycles. The largest absolute Gasteiger partial charge is 0.381 e. The van der Waals surface area contributed by atoms with E-state index in [2.05, 4.69) is 23.0 Å². The van der Waals surface area contributed by atoms with Crippen molar-refractivity contribution in [2.24, 2.45) is 5.73 Å². The first-order chi connectivity index (χ1) is 8.33. The molecule has 4 heteroatoms. The zero-order valence-corrected chi connectivity index (χ0v) is 10.2. The lowest BCUT2D eigenvalue weighted by atomic mass is 10.2. The Bertz CT molecular complexity index is 478. The van der Waals surface area contributed by atoms with E-state index in [1.54, 1.807) is 0 Å². The molecular formula is C13H19N3O. The lowest BCUT2D eigenvalue weighted by molar-refractivity contribution is 0.137. The smallest absolute Gasteiger partial charge is 0.109 e. The fraction of sp³-hybridized carbons (Fsp3) is 0.462. The summed E-state index contributed by atoms with van der Waals surface area (Å²) in [7, 11) is 0. The van der Waals surface area contributed by atoms with Crippen molar-refractivity contribution in [3.05, 3.63) is 29.6 Å². The third-order valence-electron chi connectivity index (χ3n) is 2.66. The Labute approximate surface area is 101 Å². The van der Waals surface area contributed by atoms with Crippen LogP contribution >= 0.6 is 0 Å². The van der Waals surface area contributed by atoms with E-state index in [0.29, 0.717) is 6.54 Å². The third-order valence-corrected chi connectivity index (χ3v) is 2.66. The molecule has 2 rings (SSSR count). The molecule has 0 fully saturated rings. The van der Waals surface area contributed by atoms with Crippen molar-refractivity contribution in [1.82, 2.24) is 9.97 Å². The molecule has 0 atom stereocenters. The van der Waals surface area contributed by atoms with Crippen molar-refractivity contribution in [2.45, 2.75) is 26.3 Å². The summed E-state index contributed by atoms with van der Waals surface area (Å²) < 4.78 is 5.45. The number of H-pyrrole nitrogens is 1. The standard InChI is InChI=1S/C13H19N3O/c1-2-6-17-7-5-13-15-11-4-3-10(9-14)8-12(11)16-13/h3-4,8H,2,5-7,9,14H2,1H3,(H,15,16). The number of imidazole rings is 1. The number of hydrogen-bond acceptors (Lipinski definition) is 3. The summed E-state index contributed by atoms with van der Waals surface area (Å²) >= 11 is 0. The minimum Gasteiger partial charge on any atom is -0.381 e. The van der Waals surface area contributed by atoms with Crippen LogP contribution in [0.2, 0.25) is 0 Å². The lowest BCUT2D eigenvalue weighted by Crippen LogP contribution is -2.00. The van der Waals surface area contributed by atoms with Gasteiger partial charge in [-0.25, -0.2) is 4.98 Å². The number of nitrogens with two attached hydrogens (primary N) is 1. The average molecular weight is 233 g/mol. The summed E-state index contributed by atoms with van der Waals surface area (Å²) in [6, 6.07) is 6.07. The highest BCUT2D eigenvalue weighted by Gasteiger charge is 2.03. The highest BCUT2D eigenvalue weighted by atomic mass is 16.5. The van der Waals surface area contributed by atoms with Crippen LogP contribution in [0.4, 0.5) is 0 Å². The van der Waals surface area contributed by atoms with E-state index in [4.69, 9.17) is 10.5 Å². The number of aromatic nitrogens is 2. The molecule has 0 radical (unpaired) electrons. The van der Waals surface area contributed by atoms with E-state index >= 15 is 0 Å². The highest BCUT2D eigenvalue weighted by Crippen LogP contribution is 2.13. The molecular weight excluding hydrogens is 214 g/mol. The molecule has 0 bridgehead atoms. The van der Waals surface area contributed by atoms with Gasteiger partial charge < -0.3 is 15.5 Å². The molecule has 1 aromatic carbocycles. The first-order valence-corrected chi connectivity index (χ1v) is 6.09. The number of nitrogens with zero attached hydrogens (tertiary/aromatic N) is 1. The van der Waals surface area contributed by atoms with Crippen molar-refractivity contribution in [1.29, 1.82) is 0 Å². The Morgan fingerprint density at radius 2 is 2.24 bits per heavy atom. The summed E-state index contributed by atoms with van der Waals surface area (Å²) in [5, 5.41) is 0. The number of hydrogen-bond donors (Lipinski definition) is 2. The second-order valence-electron chi connectivity index (χ2n) is 4.10. The lowest BCUT2D eigenvalue weighted by Gasteiger charge is -1.99. The van der Waals surface area contributed by atoms with Crippen LogP contribution in [0.15, 0.2) is 18.2 Å². The van der Waals surface area contributed by atoms with Gasteiger partial charge in [0.15, 0.2) is 0 Å². The van der Waals surface area contributed by atoms with E-state index in [9.17, 15) is 0 Å². The molecule has 0 unspecified atom stereocenters. The van der Waals surface area contributed by atoms with Gasteiger partial charge in [0.1, 0.15) is 5.82 Å². The summed E-state index contributed by atoms with van der Waals surface area (Å²) in [5.74, 6) is 0.977. The van der Waals surface area contributed by atoms with Gasteiger partial charge in [0, 0.05) is 19.6 Å². The molecule has 3 N–H and O–H groups in total. The first-order valence-electron chi connectivity index (χ1n) is 6.09. The zero-order chi connectivity index (χ0) is 12.1. The molecule has 1 aromatic heterocycles. The topological polar surface area (TPSA) is 63.9 Å². The van der Waals surface area contributed by atoms with Gasteiger partial charge in [-0.3, -0.25) is 0 Å². The second kappa shape index (κ2) is 5.80. The molecule has 0 amide bonds. The summed E-state index contributed by atoms with van der Waals surface area (Å²) in [6.45, 7) is 4.20.